The lowest BCUT2D eigenvalue weighted by atomic mass is 10.2. The molecule has 0 saturated carbocycles. The molecular formula is C12H14N2O4. The van der Waals surface area contributed by atoms with Gasteiger partial charge in [0.1, 0.15) is 12.3 Å². The normalized spacial score (nSPS) is 16.3. The van der Waals surface area contributed by atoms with E-state index in [2.05, 4.69) is 0 Å². The number of hydrogen-bond donors (Lipinski definition) is 0. The van der Waals surface area contributed by atoms with Crippen molar-refractivity contribution in [2.75, 3.05) is 19.6 Å². The van der Waals surface area contributed by atoms with Crippen LogP contribution in [0.1, 0.15) is 23.2 Å². The minimum absolute atomic E-state index is 0.0593. The lowest BCUT2D eigenvalue weighted by molar-refractivity contribution is -0.150. The van der Waals surface area contributed by atoms with E-state index in [-0.39, 0.29) is 37.2 Å². The maximum Gasteiger partial charge on any atom is 0.243 e. The van der Waals surface area contributed by atoms with Crippen LogP contribution in [0.3, 0.4) is 0 Å². The second-order valence-corrected chi connectivity index (χ2v) is 4.08. The number of rotatable bonds is 4. The molecule has 2 rings (SSSR count). The molecule has 2 heterocycles. The Hall–Kier alpha value is -2.11. The number of hydrogen-bond acceptors (Lipinski definition) is 4. The first kappa shape index (κ1) is 12.3. The smallest absolute Gasteiger partial charge is 0.243 e. The van der Waals surface area contributed by atoms with Crippen molar-refractivity contribution in [3.05, 3.63) is 23.7 Å². The third kappa shape index (κ3) is 2.42. The number of carbonyl (C=O) groups excluding carboxylic acids is 3. The van der Waals surface area contributed by atoms with Crippen LogP contribution in [0.5, 0.6) is 0 Å². The largest absolute Gasteiger partial charge is 0.456 e. The molecule has 1 saturated heterocycles. The Bertz CT molecular complexity index is 480. The average molecular weight is 250 g/mol. The van der Waals surface area contributed by atoms with E-state index in [1.54, 1.807) is 6.07 Å². The van der Waals surface area contributed by atoms with Crippen LogP contribution in [-0.4, -0.2) is 47.5 Å². The Balaban J connectivity index is 2.03. The lowest BCUT2D eigenvalue weighted by Crippen LogP contribution is -2.53. The first-order valence-electron chi connectivity index (χ1n) is 5.73. The Morgan fingerprint density at radius 2 is 1.89 bits per heavy atom. The number of nitrogens with zero attached hydrogens (tertiary/aromatic N) is 2. The minimum Gasteiger partial charge on any atom is -0.456 e. The van der Waals surface area contributed by atoms with Gasteiger partial charge in [0.25, 0.3) is 0 Å². The second-order valence-electron chi connectivity index (χ2n) is 4.08. The van der Waals surface area contributed by atoms with Crippen LogP contribution in [0, 0.1) is 0 Å². The van der Waals surface area contributed by atoms with Crippen molar-refractivity contribution < 1.29 is 18.8 Å². The summed E-state index contributed by atoms with van der Waals surface area (Å²) in [6.45, 7) is 2.76. The molecule has 0 radical (unpaired) electrons. The molecular weight excluding hydrogens is 236 g/mol. The summed E-state index contributed by atoms with van der Waals surface area (Å²) in [5.74, 6) is 0.541. The van der Waals surface area contributed by atoms with Crippen molar-refractivity contribution in [1.29, 1.82) is 0 Å². The molecule has 0 aliphatic carbocycles. The van der Waals surface area contributed by atoms with Gasteiger partial charge in [-0.2, -0.15) is 0 Å². The number of furan rings is 1. The fourth-order valence-corrected chi connectivity index (χ4v) is 1.87. The van der Waals surface area contributed by atoms with E-state index in [4.69, 9.17) is 4.42 Å². The molecule has 0 spiro atoms. The first-order chi connectivity index (χ1) is 8.63. The average Bonchev–Trinajstić information content (AvgIpc) is 2.81. The lowest BCUT2D eigenvalue weighted by Gasteiger charge is -2.32. The predicted molar refractivity (Wildman–Crippen MR) is 61.8 cm³/mol. The molecule has 6 nitrogen and oxygen atoms in total. The summed E-state index contributed by atoms with van der Waals surface area (Å²) >= 11 is 0. The maximum atomic E-state index is 11.8. The molecule has 0 N–H and O–H groups in total. The van der Waals surface area contributed by atoms with Crippen LogP contribution < -0.4 is 0 Å². The summed E-state index contributed by atoms with van der Waals surface area (Å²) in [6.07, 6.45) is 0.603. The van der Waals surface area contributed by atoms with Crippen molar-refractivity contribution in [2.24, 2.45) is 0 Å². The Labute approximate surface area is 104 Å². The molecule has 1 aromatic rings. The molecule has 1 fully saturated rings. The van der Waals surface area contributed by atoms with Gasteiger partial charge in [-0.05, 0) is 19.1 Å². The van der Waals surface area contributed by atoms with E-state index in [0.29, 0.717) is 18.6 Å². The molecule has 0 bridgehead atoms. The summed E-state index contributed by atoms with van der Waals surface area (Å²) in [7, 11) is 0. The first-order valence-corrected chi connectivity index (χ1v) is 5.73. The van der Waals surface area contributed by atoms with E-state index in [9.17, 15) is 14.4 Å². The van der Waals surface area contributed by atoms with Crippen LogP contribution in [0.15, 0.2) is 16.5 Å². The fraction of sp³-hybridized carbons (Fsp3) is 0.417. The molecule has 1 aliphatic rings. The number of aldehydes is 1. The molecule has 96 valence electrons. The highest BCUT2D eigenvalue weighted by Gasteiger charge is 2.29. The highest BCUT2D eigenvalue weighted by Crippen LogP contribution is 2.12. The summed E-state index contributed by atoms with van der Waals surface area (Å²) in [5, 5.41) is 0. The van der Waals surface area contributed by atoms with Gasteiger partial charge in [-0.1, -0.05) is 0 Å². The van der Waals surface area contributed by atoms with Crippen LogP contribution in [0.25, 0.3) is 0 Å². The van der Waals surface area contributed by atoms with Crippen LogP contribution in [0.4, 0.5) is 0 Å². The van der Waals surface area contributed by atoms with Gasteiger partial charge in [0.2, 0.25) is 11.8 Å². The standard InChI is InChI=1S/C12H14N2O4/c1-2-13-6-12(17)14(7-11(13)16)5-9-3-4-10(8-15)18-9/h3-4,8H,2,5-7H2,1H3. The van der Waals surface area contributed by atoms with Gasteiger partial charge in [0.05, 0.1) is 13.1 Å². The van der Waals surface area contributed by atoms with Gasteiger partial charge in [-0.3, -0.25) is 14.4 Å². The van der Waals surface area contributed by atoms with Crippen LogP contribution in [-0.2, 0) is 16.1 Å². The molecule has 18 heavy (non-hydrogen) atoms. The van der Waals surface area contributed by atoms with E-state index in [0.717, 1.165) is 0 Å². The van der Waals surface area contributed by atoms with E-state index in [1.807, 2.05) is 6.92 Å². The summed E-state index contributed by atoms with van der Waals surface area (Å²) in [6, 6.07) is 3.17. The van der Waals surface area contributed by atoms with E-state index < -0.39 is 0 Å². The van der Waals surface area contributed by atoms with Crippen molar-refractivity contribution in [3.63, 3.8) is 0 Å². The number of carbonyl (C=O) groups is 3. The van der Waals surface area contributed by atoms with Gasteiger partial charge in [0.15, 0.2) is 12.0 Å². The zero-order chi connectivity index (χ0) is 13.1. The van der Waals surface area contributed by atoms with Gasteiger partial charge in [-0.15, -0.1) is 0 Å². The third-order valence-electron chi connectivity index (χ3n) is 2.88. The molecule has 1 aromatic heterocycles. The zero-order valence-corrected chi connectivity index (χ0v) is 10.1. The molecule has 0 atom stereocenters. The topological polar surface area (TPSA) is 70.8 Å². The monoisotopic (exact) mass is 250 g/mol. The molecule has 1 aliphatic heterocycles. The minimum atomic E-state index is -0.111. The van der Waals surface area contributed by atoms with Crippen molar-refractivity contribution >= 4 is 18.1 Å². The van der Waals surface area contributed by atoms with Crippen molar-refractivity contribution in [2.45, 2.75) is 13.5 Å². The van der Waals surface area contributed by atoms with E-state index in [1.165, 1.54) is 15.9 Å². The Kier molecular flexibility index (Phi) is 3.45. The van der Waals surface area contributed by atoms with Gasteiger partial charge >= 0.3 is 0 Å². The van der Waals surface area contributed by atoms with Gasteiger partial charge in [-0.25, -0.2) is 0 Å². The molecule has 6 heteroatoms. The molecule has 0 aromatic carbocycles. The number of amides is 2. The highest BCUT2D eigenvalue weighted by atomic mass is 16.3. The number of piperazine rings is 1. The van der Waals surface area contributed by atoms with Crippen LogP contribution in [0.2, 0.25) is 0 Å². The summed E-state index contributed by atoms with van der Waals surface area (Å²) in [5.41, 5.74) is 0. The predicted octanol–water partition coefficient (Wildman–Crippen LogP) is 0.283. The van der Waals surface area contributed by atoms with Crippen molar-refractivity contribution in [3.8, 4) is 0 Å². The molecule has 2 amide bonds. The maximum absolute atomic E-state index is 11.8. The Morgan fingerprint density at radius 3 is 2.50 bits per heavy atom. The zero-order valence-electron chi connectivity index (χ0n) is 10.1. The summed E-state index contributed by atoms with van der Waals surface area (Å²) < 4.78 is 5.19. The van der Waals surface area contributed by atoms with Gasteiger partial charge in [0, 0.05) is 6.54 Å². The summed E-state index contributed by atoms with van der Waals surface area (Å²) in [4.78, 5) is 36.9. The fourth-order valence-electron chi connectivity index (χ4n) is 1.87. The van der Waals surface area contributed by atoms with Crippen LogP contribution >= 0.6 is 0 Å². The second kappa shape index (κ2) is 5.03. The third-order valence-corrected chi connectivity index (χ3v) is 2.88. The van der Waals surface area contributed by atoms with Gasteiger partial charge < -0.3 is 14.2 Å². The number of likely N-dealkylation sites (N-methyl/N-ethyl adjacent to an activating group) is 1. The van der Waals surface area contributed by atoms with Crippen molar-refractivity contribution in [1.82, 2.24) is 9.80 Å². The Morgan fingerprint density at radius 1 is 1.22 bits per heavy atom. The SMILES string of the molecule is CCN1CC(=O)N(Cc2ccc(C=O)o2)CC1=O. The quantitative estimate of drug-likeness (QED) is 0.720. The molecule has 0 unspecified atom stereocenters. The van der Waals surface area contributed by atoms with E-state index >= 15 is 0 Å². The highest BCUT2D eigenvalue weighted by molar-refractivity contribution is 5.92.